The molecule has 2 aromatic carbocycles. The van der Waals surface area contributed by atoms with Crippen LogP contribution < -0.4 is 15.5 Å². The van der Waals surface area contributed by atoms with Gasteiger partial charge in [0.05, 0.1) is 18.5 Å². The molecular weight excluding hydrogens is 380 g/mol. The topological polar surface area (TPSA) is 71.8 Å². The largest absolute Gasteiger partial charge is 0.496 e. The average Bonchev–Trinajstić information content (AvgIpc) is 2.68. The Balaban J connectivity index is 0.00000280. The molecule has 3 aromatic rings. The maximum atomic E-state index is 12.6. The van der Waals surface area contributed by atoms with E-state index in [0.29, 0.717) is 17.5 Å². The van der Waals surface area contributed by atoms with Gasteiger partial charge in [-0.3, -0.25) is 9.59 Å². The number of likely N-dealkylation sites (N-methyl/N-ethyl adjacent to an activating group) is 1. The Morgan fingerprint density at radius 2 is 1.82 bits per heavy atom. The number of ether oxygens (including phenoxy) is 1. The molecule has 3 rings (SSSR count). The molecule has 6 nitrogen and oxygen atoms in total. The van der Waals surface area contributed by atoms with E-state index in [4.69, 9.17) is 9.15 Å². The van der Waals surface area contributed by atoms with Crippen LogP contribution in [0.2, 0.25) is 0 Å². The Morgan fingerprint density at radius 3 is 2.54 bits per heavy atom. The van der Waals surface area contributed by atoms with Crippen molar-refractivity contribution in [3.05, 3.63) is 76.1 Å². The van der Waals surface area contributed by atoms with Gasteiger partial charge in [0, 0.05) is 18.2 Å². The van der Waals surface area contributed by atoms with Crippen molar-refractivity contribution >= 4 is 29.3 Å². The second-order valence-electron chi connectivity index (χ2n) is 6.40. The van der Waals surface area contributed by atoms with Crippen molar-refractivity contribution in [3.8, 4) is 5.75 Å². The first kappa shape index (κ1) is 21.5. The van der Waals surface area contributed by atoms with Gasteiger partial charge in [-0.15, -0.1) is 12.4 Å². The molecule has 0 spiro atoms. The first-order chi connectivity index (χ1) is 13.0. The summed E-state index contributed by atoms with van der Waals surface area (Å²) >= 11 is 0. The Morgan fingerprint density at radius 1 is 1.14 bits per heavy atom. The third-order valence-electron chi connectivity index (χ3n) is 4.44. The highest BCUT2D eigenvalue weighted by atomic mass is 35.5. The normalized spacial score (nSPS) is 11.7. The van der Waals surface area contributed by atoms with Gasteiger partial charge in [0.2, 0.25) is 0 Å². The zero-order valence-electron chi connectivity index (χ0n) is 16.0. The number of amides is 1. The zero-order valence-corrected chi connectivity index (χ0v) is 16.8. The summed E-state index contributed by atoms with van der Waals surface area (Å²) in [5.74, 6) is 0.318. The predicted molar refractivity (Wildman–Crippen MR) is 111 cm³/mol. The maximum Gasteiger partial charge on any atom is 0.287 e. The van der Waals surface area contributed by atoms with E-state index in [1.54, 1.807) is 31.4 Å². The molecule has 1 atom stereocenters. The highest BCUT2D eigenvalue weighted by Crippen LogP contribution is 2.27. The van der Waals surface area contributed by atoms with Crippen molar-refractivity contribution in [1.29, 1.82) is 0 Å². The minimum atomic E-state index is -0.431. The van der Waals surface area contributed by atoms with Crippen LogP contribution in [0, 0.1) is 0 Å². The van der Waals surface area contributed by atoms with Gasteiger partial charge in [0.1, 0.15) is 11.3 Å². The lowest BCUT2D eigenvalue weighted by molar-refractivity contribution is 0.0914. The smallest absolute Gasteiger partial charge is 0.287 e. The Labute approximate surface area is 169 Å². The van der Waals surface area contributed by atoms with Crippen molar-refractivity contribution in [2.24, 2.45) is 0 Å². The average molecular weight is 403 g/mol. The summed E-state index contributed by atoms with van der Waals surface area (Å²) in [6.07, 6.45) is 0. The monoisotopic (exact) mass is 402 g/mol. The SMILES string of the molecule is COc1ccccc1C(CNC(=O)c1cc(=O)c2ccccc2o1)N(C)C.Cl. The van der Waals surface area contributed by atoms with E-state index >= 15 is 0 Å². The standard InChI is InChI=1S/C21H22N2O4.ClH/c1-23(2)16(14-8-4-6-10-18(14)26-3)13-22-21(25)20-12-17(24)15-9-5-7-11-19(15)27-20;/h4-12,16H,13H2,1-3H3,(H,22,25);1H. The quantitative estimate of drug-likeness (QED) is 0.685. The van der Waals surface area contributed by atoms with Crippen molar-refractivity contribution < 1.29 is 13.9 Å². The number of methoxy groups -OCH3 is 1. The Hall–Kier alpha value is -2.83. The molecule has 1 heterocycles. The number of rotatable bonds is 6. The highest BCUT2D eigenvalue weighted by molar-refractivity contribution is 5.93. The molecule has 0 aliphatic heterocycles. The molecule has 0 saturated heterocycles. The lowest BCUT2D eigenvalue weighted by Gasteiger charge is -2.26. The fraction of sp³-hybridized carbons (Fsp3) is 0.238. The first-order valence-electron chi connectivity index (χ1n) is 8.61. The number of carbonyl (C=O) groups is 1. The van der Waals surface area contributed by atoms with E-state index in [9.17, 15) is 9.59 Å². The van der Waals surface area contributed by atoms with E-state index in [1.807, 2.05) is 43.3 Å². The molecule has 148 valence electrons. The van der Waals surface area contributed by atoms with Gasteiger partial charge in [-0.2, -0.15) is 0 Å². The van der Waals surface area contributed by atoms with Crippen LogP contribution in [-0.2, 0) is 0 Å². The molecule has 7 heteroatoms. The number of carbonyl (C=O) groups excluding carboxylic acids is 1. The number of nitrogens with one attached hydrogen (secondary N) is 1. The van der Waals surface area contributed by atoms with Crippen LogP contribution in [0.5, 0.6) is 5.75 Å². The molecule has 0 fully saturated rings. The molecule has 0 radical (unpaired) electrons. The van der Waals surface area contributed by atoms with Crippen LogP contribution in [0.15, 0.2) is 63.8 Å². The lowest BCUT2D eigenvalue weighted by Crippen LogP contribution is -2.35. The van der Waals surface area contributed by atoms with Crippen molar-refractivity contribution in [2.75, 3.05) is 27.7 Å². The Bertz CT molecular complexity index is 1020. The number of hydrogen-bond donors (Lipinski definition) is 1. The lowest BCUT2D eigenvalue weighted by atomic mass is 10.0. The predicted octanol–water partition coefficient (Wildman–Crippen LogP) is 3.26. The van der Waals surface area contributed by atoms with Crippen molar-refractivity contribution in [2.45, 2.75) is 6.04 Å². The number of hydrogen-bond acceptors (Lipinski definition) is 5. The molecule has 1 N–H and O–H groups in total. The second kappa shape index (κ2) is 9.39. The van der Waals surface area contributed by atoms with Crippen LogP contribution in [0.25, 0.3) is 11.0 Å². The molecule has 1 aromatic heterocycles. The van der Waals surface area contributed by atoms with Crippen LogP contribution in [0.1, 0.15) is 22.2 Å². The molecule has 0 aliphatic rings. The van der Waals surface area contributed by atoms with E-state index in [0.717, 1.165) is 11.3 Å². The molecule has 0 saturated carbocycles. The van der Waals surface area contributed by atoms with E-state index in [-0.39, 0.29) is 29.6 Å². The van der Waals surface area contributed by atoms with E-state index in [2.05, 4.69) is 5.32 Å². The first-order valence-corrected chi connectivity index (χ1v) is 8.61. The second-order valence-corrected chi connectivity index (χ2v) is 6.40. The summed E-state index contributed by atoms with van der Waals surface area (Å²) in [6.45, 7) is 0.336. The summed E-state index contributed by atoms with van der Waals surface area (Å²) in [6, 6.07) is 15.7. The van der Waals surface area contributed by atoms with Crippen LogP contribution in [0.4, 0.5) is 0 Å². The fourth-order valence-electron chi connectivity index (χ4n) is 3.00. The number of fused-ring (bicyclic) bond motifs is 1. The molecule has 28 heavy (non-hydrogen) atoms. The van der Waals surface area contributed by atoms with Crippen LogP contribution in [0.3, 0.4) is 0 Å². The van der Waals surface area contributed by atoms with Gasteiger partial charge < -0.3 is 19.4 Å². The zero-order chi connectivity index (χ0) is 19.4. The molecule has 0 bridgehead atoms. The van der Waals surface area contributed by atoms with Crippen LogP contribution >= 0.6 is 12.4 Å². The highest BCUT2D eigenvalue weighted by Gasteiger charge is 2.20. The number of benzene rings is 2. The summed E-state index contributed by atoms with van der Waals surface area (Å²) < 4.78 is 11.0. The van der Waals surface area contributed by atoms with Gasteiger partial charge in [0.25, 0.3) is 5.91 Å². The summed E-state index contributed by atoms with van der Waals surface area (Å²) in [5, 5.41) is 3.31. The minimum absolute atomic E-state index is 0. The van der Waals surface area contributed by atoms with Gasteiger partial charge in [-0.1, -0.05) is 30.3 Å². The van der Waals surface area contributed by atoms with Gasteiger partial charge in [0.15, 0.2) is 11.2 Å². The van der Waals surface area contributed by atoms with Gasteiger partial charge >= 0.3 is 0 Å². The maximum absolute atomic E-state index is 12.6. The summed E-state index contributed by atoms with van der Waals surface area (Å²) in [5.41, 5.74) is 1.12. The molecular formula is C21H23ClN2O4. The van der Waals surface area contributed by atoms with E-state index < -0.39 is 5.91 Å². The fourth-order valence-corrected chi connectivity index (χ4v) is 3.00. The third-order valence-corrected chi connectivity index (χ3v) is 4.44. The minimum Gasteiger partial charge on any atom is -0.496 e. The van der Waals surface area contributed by atoms with Crippen molar-refractivity contribution in [1.82, 2.24) is 10.2 Å². The van der Waals surface area contributed by atoms with Crippen molar-refractivity contribution in [3.63, 3.8) is 0 Å². The van der Waals surface area contributed by atoms with E-state index in [1.165, 1.54) is 6.07 Å². The number of halogens is 1. The van der Waals surface area contributed by atoms with Crippen LogP contribution in [-0.4, -0.2) is 38.6 Å². The molecule has 1 unspecified atom stereocenters. The molecule has 0 aliphatic carbocycles. The number of para-hydroxylation sites is 2. The summed E-state index contributed by atoms with van der Waals surface area (Å²) in [7, 11) is 5.48. The Kier molecular flexibility index (Phi) is 7.20. The summed E-state index contributed by atoms with van der Waals surface area (Å²) in [4.78, 5) is 26.7. The van der Waals surface area contributed by atoms with Gasteiger partial charge in [-0.25, -0.2) is 0 Å². The van der Waals surface area contributed by atoms with Gasteiger partial charge in [-0.05, 0) is 32.3 Å². The third kappa shape index (κ3) is 4.52. The number of nitrogens with zero attached hydrogens (tertiary/aromatic N) is 1. The molecule has 1 amide bonds.